The molecule has 0 aliphatic heterocycles. The Bertz CT molecular complexity index is 2770. The summed E-state index contributed by atoms with van der Waals surface area (Å²) in [5.41, 5.74) is 7.91. The van der Waals surface area contributed by atoms with E-state index >= 15 is 0 Å². The Balaban J connectivity index is 1.24. The summed E-state index contributed by atoms with van der Waals surface area (Å²) in [5.74, 6) is -0.922. The van der Waals surface area contributed by atoms with Crippen LogP contribution in [0.4, 0.5) is 5.69 Å². The van der Waals surface area contributed by atoms with Gasteiger partial charge in [0.25, 0.3) is 0 Å². The van der Waals surface area contributed by atoms with Crippen molar-refractivity contribution in [3.63, 3.8) is 0 Å². The standard InChI is InChI=1S/C51H43N3O6S/c1-37-21-28-45(29-22-37)61(57,58)53(2)34-49(55)54(33-38-23-25-41(26-24-38)46-20-12-19-43(32-52)50(46)42-17-10-5-11-18-42)44-27-30-47(51(56)60-36-40-15-8-4-9-16-40)48(31-44)59-35-39-13-6-3-7-14-39/h3-31H,33-36H2,1-2H3. The molecule has 0 bridgehead atoms. The van der Waals surface area contributed by atoms with Crippen LogP contribution in [0, 0.1) is 18.3 Å². The van der Waals surface area contributed by atoms with Crippen molar-refractivity contribution >= 4 is 27.6 Å². The van der Waals surface area contributed by atoms with Crippen molar-refractivity contribution in [2.75, 3.05) is 18.5 Å². The van der Waals surface area contributed by atoms with Crippen LogP contribution in [-0.2, 0) is 39.3 Å². The second-order valence-corrected chi connectivity index (χ2v) is 16.5. The summed E-state index contributed by atoms with van der Waals surface area (Å²) in [7, 11) is -2.65. The zero-order chi connectivity index (χ0) is 42.8. The van der Waals surface area contributed by atoms with Crippen LogP contribution in [-0.4, -0.2) is 38.2 Å². The maximum Gasteiger partial charge on any atom is 0.342 e. The fourth-order valence-electron chi connectivity index (χ4n) is 6.85. The van der Waals surface area contributed by atoms with Gasteiger partial charge in [0.15, 0.2) is 0 Å². The lowest BCUT2D eigenvalue weighted by molar-refractivity contribution is -0.118. The quantitative estimate of drug-likeness (QED) is 0.0945. The number of carbonyl (C=O) groups is 2. The first kappa shape index (κ1) is 41.8. The molecule has 7 aromatic carbocycles. The molecular formula is C51H43N3O6S. The van der Waals surface area contributed by atoms with Crippen LogP contribution in [0.3, 0.4) is 0 Å². The van der Waals surface area contributed by atoms with Crippen LogP contribution >= 0.6 is 0 Å². The van der Waals surface area contributed by atoms with Crippen molar-refractivity contribution in [1.82, 2.24) is 4.31 Å². The predicted octanol–water partition coefficient (Wildman–Crippen LogP) is 9.99. The van der Waals surface area contributed by atoms with Crippen LogP contribution < -0.4 is 9.64 Å². The lowest BCUT2D eigenvalue weighted by Gasteiger charge is -2.27. The van der Waals surface area contributed by atoms with Gasteiger partial charge in [-0.25, -0.2) is 13.2 Å². The molecule has 9 nitrogen and oxygen atoms in total. The molecule has 0 N–H and O–H groups in total. The smallest absolute Gasteiger partial charge is 0.342 e. The summed E-state index contributed by atoms with van der Waals surface area (Å²) < 4.78 is 40.3. The number of aryl methyl sites for hydroxylation is 1. The largest absolute Gasteiger partial charge is 0.488 e. The molecule has 0 atom stereocenters. The normalized spacial score (nSPS) is 11.1. The van der Waals surface area contributed by atoms with E-state index in [1.54, 1.807) is 36.4 Å². The number of amides is 1. The molecule has 0 heterocycles. The average molecular weight is 826 g/mol. The summed E-state index contributed by atoms with van der Waals surface area (Å²) in [5, 5.41) is 10.0. The Kier molecular flexibility index (Phi) is 13.1. The first-order valence-corrected chi connectivity index (χ1v) is 21.1. The molecule has 7 aromatic rings. The Morgan fingerprint density at radius 3 is 1.92 bits per heavy atom. The van der Waals surface area contributed by atoms with Crippen molar-refractivity contribution in [2.24, 2.45) is 0 Å². The SMILES string of the molecule is Cc1ccc(S(=O)(=O)N(C)CC(=O)N(Cc2ccc(-c3cccc(C#N)c3-c3ccccc3)cc2)c2ccc(C(=O)OCc3ccccc3)c(OCc3ccccc3)c2)cc1. The Hall–Kier alpha value is -7.32. The van der Waals surface area contributed by atoms with Gasteiger partial charge < -0.3 is 14.4 Å². The van der Waals surface area contributed by atoms with E-state index in [2.05, 4.69) is 6.07 Å². The minimum absolute atomic E-state index is 0.0512. The summed E-state index contributed by atoms with van der Waals surface area (Å²) >= 11 is 0. The van der Waals surface area contributed by atoms with E-state index in [0.29, 0.717) is 11.3 Å². The zero-order valence-electron chi connectivity index (χ0n) is 33.8. The summed E-state index contributed by atoms with van der Waals surface area (Å²) in [6, 6.07) is 55.5. The van der Waals surface area contributed by atoms with Gasteiger partial charge >= 0.3 is 5.97 Å². The highest BCUT2D eigenvalue weighted by molar-refractivity contribution is 7.89. The first-order valence-electron chi connectivity index (χ1n) is 19.6. The summed E-state index contributed by atoms with van der Waals surface area (Å²) in [6.07, 6.45) is 0. The number of nitriles is 1. The molecule has 1 amide bonds. The number of sulfonamides is 1. The van der Waals surface area contributed by atoms with Gasteiger partial charge in [0.1, 0.15) is 24.5 Å². The fraction of sp³-hybridized carbons (Fsp3) is 0.118. The van der Waals surface area contributed by atoms with Crippen LogP contribution in [0.25, 0.3) is 22.3 Å². The maximum absolute atomic E-state index is 14.5. The van der Waals surface area contributed by atoms with Crippen molar-refractivity contribution in [2.45, 2.75) is 31.6 Å². The minimum Gasteiger partial charge on any atom is -0.488 e. The van der Waals surface area contributed by atoms with Crippen LogP contribution in [0.2, 0.25) is 0 Å². The topological polar surface area (TPSA) is 117 Å². The number of carbonyl (C=O) groups excluding carboxylic acids is 2. The zero-order valence-corrected chi connectivity index (χ0v) is 34.6. The van der Waals surface area contributed by atoms with E-state index in [4.69, 9.17) is 9.47 Å². The lowest BCUT2D eigenvalue weighted by atomic mass is 9.90. The minimum atomic E-state index is -4.03. The Morgan fingerprint density at radius 2 is 1.28 bits per heavy atom. The maximum atomic E-state index is 14.5. The highest BCUT2D eigenvalue weighted by Crippen LogP contribution is 2.36. The summed E-state index contributed by atoms with van der Waals surface area (Å²) in [4.78, 5) is 29.6. The Morgan fingerprint density at radius 1 is 0.656 bits per heavy atom. The van der Waals surface area contributed by atoms with Gasteiger partial charge in [-0.3, -0.25) is 4.79 Å². The van der Waals surface area contributed by atoms with Gasteiger partial charge in [0.2, 0.25) is 15.9 Å². The van der Waals surface area contributed by atoms with Crippen LogP contribution in [0.15, 0.2) is 181 Å². The molecule has 0 unspecified atom stereocenters. The number of rotatable bonds is 15. The van der Waals surface area contributed by atoms with Gasteiger partial charge in [0.05, 0.1) is 29.6 Å². The lowest BCUT2D eigenvalue weighted by Crippen LogP contribution is -2.41. The number of benzene rings is 7. The van der Waals surface area contributed by atoms with Crippen LogP contribution in [0.1, 0.15) is 38.2 Å². The fourth-order valence-corrected chi connectivity index (χ4v) is 7.97. The van der Waals surface area contributed by atoms with Crippen molar-refractivity contribution in [1.29, 1.82) is 5.26 Å². The van der Waals surface area contributed by atoms with E-state index < -0.39 is 28.4 Å². The second-order valence-electron chi connectivity index (χ2n) is 14.5. The highest BCUT2D eigenvalue weighted by Gasteiger charge is 2.28. The van der Waals surface area contributed by atoms with E-state index in [0.717, 1.165) is 48.8 Å². The van der Waals surface area contributed by atoms with Gasteiger partial charge in [-0.2, -0.15) is 9.57 Å². The highest BCUT2D eigenvalue weighted by atomic mass is 32.2. The molecule has 61 heavy (non-hydrogen) atoms. The predicted molar refractivity (Wildman–Crippen MR) is 237 cm³/mol. The third-order valence-electron chi connectivity index (χ3n) is 10.2. The number of likely N-dealkylation sites (N-methyl/N-ethyl adjacent to an activating group) is 1. The number of ether oxygens (including phenoxy) is 2. The van der Waals surface area contributed by atoms with E-state index in [9.17, 15) is 23.3 Å². The van der Waals surface area contributed by atoms with E-state index in [-0.39, 0.29) is 36.0 Å². The molecular weight excluding hydrogens is 783 g/mol. The Labute approximate surface area is 356 Å². The monoisotopic (exact) mass is 825 g/mol. The number of hydrogen-bond acceptors (Lipinski definition) is 7. The molecule has 0 fully saturated rings. The number of esters is 1. The van der Waals surface area contributed by atoms with Crippen molar-refractivity contribution in [3.8, 4) is 34.1 Å². The molecule has 0 radical (unpaired) electrons. The molecule has 304 valence electrons. The third kappa shape index (κ3) is 10.1. The average Bonchev–Trinajstić information content (AvgIpc) is 3.30. The van der Waals surface area contributed by atoms with Crippen molar-refractivity contribution in [3.05, 3.63) is 209 Å². The molecule has 0 aliphatic carbocycles. The molecule has 7 rings (SSSR count). The van der Waals surface area contributed by atoms with Crippen molar-refractivity contribution < 1.29 is 27.5 Å². The van der Waals surface area contributed by atoms with Gasteiger partial charge in [-0.05, 0) is 70.6 Å². The van der Waals surface area contributed by atoms with E-state index in [1.807, 2.05) is 134 Å². The van der Waals surface area contributed by atoms with E-state index in [1.165, 1.54) is 24.1 Å². The second kappa shape index (κ2) is 19.2. The molecule has 0 aromatic heterocycles. The molecule has 0 spiro atoms. The van der Waals surface area contributed by atoms with Gasteiger partial charge in [-0.15, -0.1) is 0 Å². The number of hydrogen-bond donors (Lipinski definition) is 0. The van der Waals surface area contributed by atoms with Crippen LogP contribution in [0.5, 0.6) is 5.75 Å². The van der Waals surface area contributed by atoms with Gasteiger partial charge in [-0.1, -0.05) is 145 Å². The van der Waals surface area contributed by atoms with Gasteiger partial charge in [0, 0.05) is 24.4 Å². The number of anilines is 1. The molecule has 0 saturated heterocycles. The third-order valence-corrected chi connectivity index (χ3v) is 12.0. The molecule has 10 heteroatoms. The summed E-state index contributed by atoms with van der Waals surface area (Å²) in [6.45, 7) is 1.63. The number of nitrogens with zero attached hydrogens (tertiary/aromatic N) is 3. The molecule has 0 aliphatic rings. The molecule has 0 saturated carbocycles. The first-order chi connectivity index (χ1) is 29.6.